The van der Waals surface area contributed by atoms with Crippen molar-refractivity contribution in [1.82, 2.24) is 14.3 Å². The largest absolute Gasteiger partial charge is 0.444 e. The topological polar surface area (TPSA) is 67.1 Å². The van der Waals surface area contributed by atoms with Gasteiger partial charge in [0.2, 0.25) is 0 Å². The number of hydrogen-bond acceptors (Lipinski definition) is 4. The SMILES string of the molecule is CC(C)(C)OC(=O)N1C2CCC1CC(O)(c1ccc3nccn3c1)C2. The maximum absolute atomic E-state index is 12.6. The molecule has 0 radical (unpaired) electrons. The maximum atomic E-state index is 12.6. The average Bonchev–Trinajstić information content (AvgIpc) is 3.08. The molecule has 6 nitrogen and oxygen atoms in total. The number of fused-ring (bicyclic) bond motifs is 3. The van der Waals surface area contributed by atoms with E-state index in [0.29, 0.717) is 12.8 Å². The number of piperidine rings is 1. The summed E-state index contributed by atoms with van der Waals surface area (Å²) in [6.07, 6.45) is 8.24. The zero-order valence-corrected chi connectivity index (χ0v) is 15.0. The summed E-state index contributed by atoms with van der Waals surface area (Å²) < 4.78 is 7.50. The number of nitrogens with zero attached hydrogens (tertiary/aromatic N) is 3. The van der Waals surface area contributed by atoms with E-state index >= 15 is 0 Å². The Hall–Kier alpha value is -2.08. The molecule has 2 aromatic heterocycles. The predicted octanol–water partition coefficient (Wildman–Crippen LogP) is 3.08. The fourth-order valence-corrected chi connectivity index (χ4v) is 4.27. The summed E-state index contributed by atoms with van der Waals surface area (Å²) in [6, 6.07) is 3.93. The molecule has 2 aliphatic rings. The van der Waals surface area contributed by atoms with Crippen LogP contribution in [0.5, 0.6) is 0 Å². The Morgan fingerprint density at radius 1 is 1.28 bits per heavy atom. The van der Waals surface area contributed by atoms with Gasteiger partial charge in [0.25, 0.3) is 0 Å². The molecule has 2 atom stereocenters. The number of pyridine rings is 1. The van der Waals surface area contributed by atoms with Crippen molar-refractivity contribution < 1.29 is 14.6 Å². The molecular formula is C19H25N3O3. The zero-order chi connectivity index (χ0) is 17.8. The van der Waals surface area contributed by atoms with Crippen LogP contribution in [0.1, 0.15) is 52.0 Å². The Balaban J connectivity index is 1.58. The molecule has 2 fully saturated rings. The Morgan fingerprint density at radius 3 is 2.60 bits per heavy atom. The third-order valence-electron chi connectivity index (χ3n) is 5.30. The van der Waals surface area contributed by atoms with Crippen molar-refractivity contribution in [1.29, 1.82) is 0 Å². The van der Waals surface area contributed by atoms with Crippen LogP contribution in [0.4, 0.5) is 4.79 Å². The molecule has 0 spiro atoms. The number of aromatic nitrogens is 2. The van der Waals surface area contributed by atoms with Crippen molar-refractivity contribution in [3.8, 4) is 0 Å². The molecule has 4 heterocycles. The number of carbonyl (C=O) groups excluding carboxylic acids is 1. The van der Waals surface area contributed by atoms with Crippen molar-refractivity contribution in [2.24, 2.45) is 0 Å². The van der Waals surface area contributed by atoms with E-state index in [4.69, 9.17) is 4.74 Å². The van der Waals surface area contributed by atoms with Crippen LogP contribution < -0.4 is 0 Å². The molecule has 6 heteroatoms. The monoisotopic (exact) mass is 343 g/mol. The highest BCUT2D eigenvalue weighted by molar-refractivity contribution is 5.69. The third-order valence-corrected chi connectivity index (χ3v) is 5.30. The first-order valence-corrected chi connectivity index (χ1v) is 8.92. The molecule has 2 unspecified atom stereocenters. The second-order valence-corrected chi connectivity index (χ2v) is 8.32. The second kappa shape index (κ2) is 5.46. The molecule has 1 N–H and O–H groups in total. The highest BCUT2D eigenvalue weighted by Gasteiger charge is 2.51. The quantitative estimate of drug-likeness (QED) is 0.864. The molecule has 2 aliphatic heterocycles. The number of rotatable bonds is 1. The molecule has 134 valence electrons. The van der Waals surface area contributed by atoms with Crippen molar-refractivity contribution in [2.45, 2.75) is 69.7 Å². The van der Waals surface area contributed by atoms with Crippen LogP contribution in [0.2, 0.25) is 0 Å². The average molecular weight is 343 g/mol. The smallest absolute Gasteiger partial charge is 0.410 e. The van der Waals surface area contributed by atoms with Crippen molar-refractivity contribution >= 4 is 11.7 Å². The Labute approximate surface area is 147 Å². The van der Waals surface area contributed by atoms with E-state index in [1.165, 1.54) is 0 Å². The van der Waals surface area contributed by atoms with E-state index in [-0.39, 0.29) is 18.2 Å². The summed E-state index contributed by atoms with van der Waals surface area (Å²) >= 11 is 0. The van der Waals surface area contributed by atoms with Crippen LogP contribution in [0, 0.1) is 0 Å². The molecule has 0 saturated carbocycles. The van der Waals surface area contributed by atoms with E-state index in [0.717, 1.165) is 24.1 Å². The third kappa shape index (κ3) is 2.88. The zero-order valence-electron chi connectivity index (χ0n) is 15.0. The first-order chi connectivity index (χ1) is 11.8. The summed E-state index contributed by atoms with van der Waals surface area (Å²) in [4.78, 5) is 18.7. The molecule has 4 rings (SSSR count). The van der Waals surface area contributed by atoms with Crippen molar-refractivity contribution in [3.63, 3.8) is 0 Å². The molecule has 2 saturated heterocycles. The van der Waals surface area contributed by atoms with Crippen molar-refractivity contribution in [3.05, 3.63) is 36.3 Å². The van der Waals surface area contributed by atoms with Gasteiger partial charge in [-0.3, -0.25) is 0 Å². The summed E-state index contributed by atoms with van der Waals surface area (Å²) in [6.45, 7) is 5.65. The Bertz CT molecular complexity index is 794. The molecule has 25 heavy (non-hydrogen) atoms. The normalized spacial score (nSPS) is 29.2. The van der Waals surface area contributed by atoms with E-state index in [9.17, 15) is 9.90 Å². The van der Waals surface area contributed by atoms with Gasteiger partial charge in [0.05, 0.1) is 5.60 Å². The van der Waals surface area contributed by atoms with E-state index < -0.39 is 11.2 Å². The number of carbonyl (C=O) groups is 1. The van der Waals surface area contributed by atoms with Gasteiger partial charge in [0.15, 0.2) is 0 Å². The van der Waals surface area contributed by atoms with Gasteiger partial charge in [-0.25, -0.2) is 9.78 Å². The summed E-state index contributed by atoms with van der Waals surface area (Å²) in [5.41, 5.74) is 0.333. The van der Waals surface area contributed by atoms with E-state index in [1.54, 1.807) is 6.20 Å². The molecular weight excluding hydrogens is 318 g/mol. The van der Waals surface area contributed by atoms with Gasteiger partial charge in [-0.1, -0.05) is 6.07 Å². The minimum Gasteiger partial charge on any atom is -0.444 e. The van der Waals surface area contributed by atoms with Crippen LogP contribution in [0.25, 0.3) is 5.65 Å². The van der Waals surface area contributed by atoms with Gasteiger partial charge in [-0.2, -0.15) is 0 Å². The first kappa shape index (κ1) is 16.4. The van der Waals surface area contributed by atoms with Crippen LogP contribution >= 0.6 is 0 Å². The molecule has 2 bridgehead atoms. The molecule has 0 aromatic carbocycles. The molecule has 0 aliphatic carbocycles. The lowest BCUT2D eigenvalue weighted by atomic mass is 9.81. The predicted molar refractivity (Wildman–Crippen MR) is 93.2 cm³/mol. The fraction of sp³-hybridized carbons (Fsp3) is 0.579. The number of amides is 1. The standard InChI is InChI=1S/C19H25N3O3/c1-18(2,3)25-17(23)22-14-5-6-15(22)11-19(24,10-14)13-4-7-16-20-8-9-21(16)12-13/h4,7-9,12,14-15,24H,5-6,10-11H2,1-3H3. The van der Waals surface area contributed by atoms with Gasteiger partial charge in [0, 0.05) is 49.1 Å². The fourth-order valence-electron chi connectivity index (χ4n) is 4.27. The van der Waals surface area contributed by atoms with Gasteiger partial charge < -0.3 is 19.1 Å². The maximum Gasteiger partial charge on any atom is 0.410 e. The van der Waals surface area contributed by atoms with E-state index in [1.807, 2.05) is 54.6 Å². The number of imidazole rings is 1. The Kier molecular flexibility index (Phi) is 3.58. The van der Waals surface area contributed by atoms with E-state index in [2.05, 4.69) is 4.98 Å². The minimum absolute atomic E-state index is 0.0251. The number of ether oxygens (including phenoxy) is 1. The lowest BCUT2D eigenvalue weighted by molar-refractivity contribution is -0.0626. The second-order valence-electron chi connectivity index (χ2n) is 8.32. The van der Waals surface area contributed by atoms with Gasteiger partial charge in [0.1, 0.15) is 11.2 Å². The summed E-state index contributed by atoms with van der Waals surface area (Å²) in [5, 5.41) is 11.3. The van der Waals surface area contributed by atoms with Crippen LogP contribution in [-0.2, 0) is 10.3 Å². The number of hydrogen-bond donors (Lipinski definition) is 1. The van der Waals surface area contributed by atoms with Gasteiger partial charge in [-0.05, 0) is 39.7 Å². The molecule has 1 amide bonds. The first-order valence-electron chi connectivity index (χ1n) is 8.92. The molecule has 2 aromatic rings. The highest BCUT2D eigenvalue weighted by Crippen LogP contribution is 2.46. The highest BCUT2D eigenvalue weighted by atomic mass is 16.6. The van der Waals surface area contributed by atoms with Crippen LogP contribution in [0.3, 0.4) is 0 Å². The van der Waals surface area contributed by atoms with Crippen molar-refractivity contribution in [2.75, 3.05) is 0 Å². The van der Waals surface area contributed by atoms with Gasteiger partial charge in [-0.15, -0.1) is 0 Å². The lowest BCUT2D eigenvalue weighted by Crippen LogP contribution is -2.53. The van der Waals surface area contributed by atoms with Gasteiger partial charge >= 0.3 is 6.09 Å². The van der Waals surface area contributed by atoms with Crippen LogP contribution in [-0.4, -0.2) is 43.2 Å². The minimum atomic E-state index is -0.914. The lowest BCUT2D eigenvalue weighted by Gasteiger charge is -2.44. The summed E-state index contributed by atoms with van der Waals surface area (Å²) in [7, 11) is 0. The Morgan fingerprint density at radius 2 is 1.96 bits per heavy atom. The van der Waals surface area contributed by atoms with Crippen LogP contribution in [0.15, 0.2) is 30.7 Å². The number of aliphatic hydroxyl groups is 1. The summed E-state index contributed by atoms with van der Waals surface area (Å²) in [5.74, 6) is 0.